The summed E-state index contributed by atoms with van der Waals surface area (Å²) in [6.45, 7) is 7.03. The van der Waals surface area contributed by atoms with Crippen LogP contribution in [0.2, 0.25) is 0 Å². The van der Waals surface area contributed by atoms with Gasteiger partial charge in [0.1, 0.15) is 29.8 Å². The Hall–Kier alpha value is -3.69. The lowest BCUT2D eigenvalue weighted by molar-refractivity contribution is -0.141. The number of likely N-dealkylation sites (tertiary alicyclic amines) is 1. The van der Waals surface area contributed by atoms with Crippen molar-refractivity contribution in [2.24, 2.45) is 11.8 Å². The maximum Gasteiger partial charge on any atom is 0.407 e. The van der Waals surface area contributed by atoms with E-state index in [1.165, 1.54) is 4.90 Å². The first-order valence-corrected chi connectivity index (χ1v) is 18.8. The molecule has 0 bridgehead atoms. The van der Waals surface area contributed by atoms with E-state index in [0.29, 0.717) is 17.4 Å². The normalized spacial score (nSPS) is 19.9. The molecular weight excluding hydrogens is 696 g/mol. The quantitative estimate of drug-likeness (QED) is 0.139. The Bertz CT molecular complexity index is 1420. The number of aromatic carboxylic acids is 1. The molecule has 5 atom stereocenters. The predicted octanol–water partition coefficient (Wildman–Crippen LogP) is 4.87. The second kappa shape index (κ2) is 19.2. The first-order valence-electron chi connectivity index (χ1n) is 17.3. The molecule has 1 saturated heterocycles. The molecular formula is C35H50F4N4O7S. The summed E-state index contributed by atoms with van der Waals surface area (Å²) in [4.78, 5) is 66.0. The molecule has 16 heteroatoms. The van der Waals surface area contributed by atoms with Crippen LogP contribution in [-0.4, -0.2) is 100 Å². The molecule has 1 saturated carbocycles. The number of rotatable bonds is 16. The van der Waals surface area contributed by atoms with Gasteiger partial charge in [0.05, 0.1) is 12.2 Å². The smallest absolute Gasteiger partial charge is 0.407 e. The fourth-order valence-corrected chi connectivity index (χ4v) is 8.59. The van der Waals surface area contributed by atoms with Crippen molar-refractivity contribution in [1.29, 1.82) is 0 Å². The van der Waals surface area contributed by atoms with Crippen LogP contribution in [0.3, 0.4) is 0 Å². The molecule has 2 fully saturated rings. The van der Waals surface area contributed by atoms with Gasteiger partial charge in [-0.05, 0) is 54.9 Å². The lowest BCUT2D eigenvalue weighted by Gasteiger charge is -2.31. The number of nitrogens with zero attached hydrogens (tertiary/aromatic N) is 1. The zero-order chi connectivity index (χ0) is 38.0. The maximum absolute atomic E-state index is 14.4. The monoisotopic (exact) mass is 746 g/mol. The molecule has 0 aromatic heterocycles. The minimum Gasteiger partial charge on any atom is -0.478 e. The Morgan fingerprint density at radius 3 is 2.18 bits per heavy atom. The summed E-state index contributed by atoms with van der Waals surface area (Å²) in [7, 11) is -0.440. The molecule has 1 aromatic carbocycles. The first-order chi connectivity index (χ1) is 24.0. The highest BCUT2D eigenvalue weighted by Crippen LogP contribution is 2.41. The number of carboxylic acids is 1. The van der Waals surface area contributed by atoms with E-state index < -0.39 is 113 Å². The number of nitrogens with one attached hydrogen (secondary N) is 3. The summed E-state index contributed by atoms with van der Waals surface area (Å²) in [5.41, 5.74) is -1.12. The molecule has 2 unspecified atom stereocenters. The summed E-state index contributed by atoms with van der Waals surface area (Å²) in [5, 5.41) is 16.4. The van der Waals surface area contributed by atoms with E-state index in [4.69, 9.17) is 9.84 Å². The number of amides is 4. The van der Waals surface area contributed by atoms with Gasteiger partial charge in [0, 0.05) is 30.3 Å². The van der Waals surface area contributed by atoms with E-state index in [-0.39, 0.29) is 30.7 Å². The van der Waals surface area contributed by atoms with Crippen LogP contribution in [0, 0.1) is 23.5 Å². The van der Waals surface area contributed by atoms with Gasteiger partial charge in [-0.1, -0.05) is 52.8 Å². The van der Waals surface area contributed by atoms with Crippen LogP contribution < -0.4 is 16.0 Å². The minimum atomic E-state index is -3.02. The van der Waals surface area contributed by atoms with Crippen molar-refractivity contribution >= 4 is 46.1 Å². The summed E-state index contributed by atoms with van der Waals surface area (Å²) in [5.74, 6) is -2.18. The minimum absolute atomic E-state index is 0.0530. The molecule has 3 rings (SSSR count). The van der Waals surface area contributed by atoms with Crippen molar-refractivity contribution < 1.29 is 51.4 Å². The lowest BCUT2D eigenvalue weighted by atomic mass is 10.0. The highest BCUT2D eigenvalue weighted by atomic mass is 32.2. The molecule has 0 radical (unpaired) electrons. The van der Waals surface area contributed by atoms with Gasteiger partial charge in [0.2, 0.25) is 24.1 Å². The van der Waals surface area contributed by atoms with Gasteiger partial charge < -0.3 is 30.7 Å². The second-order valence-corrected chi connectivity index (χ2v) is 16.2. The molecule has 1 aromatic rings. The molecule has 2 aliphatic rings. The highest BCUT2D eigenvalue weighted by Gasteiger charge is 2.45. The van der Waals surface area contributed by atoms with Crippen LogP contribution in [0.1, 0.15) is 88.6 Å². The zero-order valence-electron chi connectivity index (χ0n) is 29.5. The first kappa shape index (κ1) is 41.7. The number of carbonyl (C=O) groups excluding carboxylic acids is 4. The molecule has 1 aliphatic carbocycles. The largest absolute Gasteiger partial charge is 0.478 e. The van der Waals surface area contributed by atoms with Crippen LogP contribution in [0.15, 0.2) is 12.1 Å². The number of benzene rings is 1. The van der Waals surface area contributed by atoms with E-state index in [1.807, 2.05) is 13.8 Å². The molecule has 4 amide bonds. The van der Waals surface area contributed by atoms with Crippen LogP contribution in [0.4, 0.5) is 22.4 Å². The Morgan fingerprint density at radius 1 is 1.00 bits per heavy atom. The van der Waals surface area contributed by atoms with E-state index in [0.717, 1.165) is 32.1 Å². The van der Waals surface area contributed by atoms with Gasteiger partial charge in [-0.3, -0.25) is 14.4 Å². The summed E-state index contributed by atoms with van der Waals surface area (Å²) >= 11 is 0. The maximum atomic E-state index is 14.4. The van der Waals surface area contributed by atoms with E-state index in [1.54, 1.807) is 13.8 Å². The van der Waals surface area contributed by atoms with Crippen LogP contribution >= 0.6 is 10.5 Å². The Balaban J connectivity index is 1.80. The molecule has 51 heavy (non-hydrogen) atoms. The zero-order valence-corrected chi connectivity index (χ0v) is 30.3. The number of hydrogen-bond donors (Lipinski definition) is 4. The number of ether oxygens (including phenoxy) is 1. The SMILES string of the molecule is C=S(C1CCCCC1)[C@@H]1CC(C(=O)N[C@@H](CC(F)F)C(=O)NCCc2c(F)cc(C(=O)O)cc2F)N(C(=O)[C@@H](NC(=O)OCC(C)C)C(C)C)C1. The van der Waals surface area contributed by atoms with Crippen molar-refractivity contribution in [2.45, 2.75) is 114 Å². The lowest BCUT2D eigenvalue weighted by Crippen LogP contribution is -2.57. The van der Waals surface area contributed by atoms with Gasteiger partial charge in [-0.2, -0.15) is 10.5 Å². The number of hydrogen-bond acceptors (Lipinski definition) is 6. The molecule has 1 heterocycles. The Kier molecular flexibility index (Phi) is 15.7. The molecule has 11 nitrogen and oxygen atoms in total. The number of alkyl halides is 2. The van der Waals surface area contributed by atoms with Gasteiger partial charge in [-0.15, -0.1) is 0 Å². The molecule has 286 valence electrons. The third kappa shape index (κ3) is 11.9. The number of carbonyl (C=O) groups is 5. The van der Waals surface area contributed by atoms with Crippen LogP contribution in [0.25, 0.3) is 0 Å². The fourth-order valence-electron chi connectivity index (χ4n) is 6.33. The average molecular weight is 747 g/mol. The van der Waals surface area contributed by atoms with Gasteiger partial charge in [0.15, 0.2) is 0 Å². The topological polar surface area (TPSA) is 154 Å². The van der Waals surface area contributed by atoms with E-state index >= 15 is 0 Å². The van der Waals surface area contributed by atoms with Gasteiger partial charge in [0.25, 0.3) is 0 Å². The van der Waals surface area contributed by atoms with E-state index in [2.05, 4.69) is 21.8 Å². The third-order valence-corrected chi connectivity index (χ3v) is 11.6. The summed E-state index contributed by atoms with van der Waals surface area (Å²) in [6, 6.07) is -2.71. The standard InChI is InChI=1S/C35H50F4N4O7S/c1-19(2)18-50-35(49)42-30(20(3)4)33(46)43-17-23(51(5)22-9-7-6-8-10-22)15-28(43)32(45)41-27(16-29(38)39)31(44)40-12-11-24-25(36)13-21(34(47)48)14-26(24)37/h13-14,19-20,22-23,27-30H,5-12,15-18H2,1-4H3,(H,40,44)(H,41,45)(H,42,49)(H,47,48)/t23-,27+,28?,30+,51?/m1/s1. The molecule has 0 spiro atoms. The summed E-state index contributed by atoms with van der Waals surface area (Å²) in [6.07, 6.45) is 0.0401. The number of halogens is 4. The fraction of sp³-hybridized carbons (Fsp3) is 0.657. The Labute approximate surface area is 298 Å². The second-order valence-electron chi connectivity index (χ2n) is 13.9. The van der Waals surface area contributed by atoms with Crippen LogP contribution in [0.5, 0.6) is 0 Å². The number of alkyl carbamates (subject to hydrolysis) is 1. The van der Waals surface area contributed by atoms with Crippen molar-refractivity contribution in [2.75, 3.05) is 19.7 Å². The average Bonchev–Trinajstić information content (AvgIpc) is 3.52. The Morgan fingerprint density at radius 2 is 1.63 bits per heavy atom. The highest BCUT2D eigenvalue weighted by molar-refractivity contribution is 8.15. The number of carboxylic acid groups (broad SMARTS) is 1. The molecule has 4 N–H and O–H groups in total. The van der Waals surface area contributed by atoms with Gasteiger partial charge in [-0.25, -0.2) is 27.2 Å². The molecule has 1 aliphatic heterocycles. The van der Waals surface area contributed by atoms with Crippen molar-refractivity contribution in [3.05, 3.63) is 34.9 Å². The van der Waals surface area contributed by atoms with Crippen molar-refractivity contribution in [1.82, 2.24) is 20.9 Å². The predicted molar refractivity (Wildman–Crippen MR) is 186 cm³/mol. The summed E-state index contributed by atoms with van der Waals surface area (Å²) < 4.78 is 61.3. The van der Waals surface area contributed by atoms with E-state index in [9.17, 15) is 41.5 Å². The van der Waals surface area contributed by atoms with Crippen molar-refractivity contribution in [3.63, 3.8) is 0 Å². The third-order valence-electron chi connectivity index (χ3n) is 9.12. The van der Waals surface area contributed by atoms with Crippen molar-refractivity contribution in [3.8, 4) is 0 Å². The van der Waals surface area contributed by atoms with Gasteiger partial charge >= 0.3 is 12.1 Å². The van der Waals surface area contributed by atoms with Crippen LogP contribution in [-0.2, 0) is 25.5 Å².